The molecule has 0 aromatic heterocycles. The van der Waals surface area contributed by atoms with Crippen molar-refractivity contribution >= 4 is 17.3 Å². The Morgan fingerprint density at radius 1 is 1.41 bits per heavy atom. The molecule has 3 N–H and O–H groups in total. The number of benzene rings is 1. The molecule has 5 nitrogen and oxygen atoms in total. The van der Waals surface area contributed by atoms with Crippen molar-refractivity contribution in [2.75, 3.05) is 29.9 Å². The van der Waals surface area contributed by atoms with E-state index in [-0.39, 0.29) is 17.7 Å². The maximum absolute atomic E-state index is 11.8. The number of phenolic OH excluding ortho intramolecular Hbond substituents is 1. The number of rotatable bonds is 0. The number of hydrogen-bond acceptors (Lipinski definition) is 4. The lowest BCUT2D eigenvalue weighted by molar-refractivity contribution is -0.116. The highest BCUT2D eigenvalue weighted by molar-refractivity contribution is 5.97. The molecule has 2 aliphatic heterocycles. The highest BCUT2D eigenvalue weighted by Gasteiger charge is 2.29. The zero-order chi connectivity index (χ0) is 11.8. The zero-order valence-corrected chi connectivity index (χ0v) is 9.44. The van der Waals surface area contributed by atoms with Gasteiger partial charge in [-0.2, -0.15) is 0 Å². The molecule has 17 heavy (non-hydrogen) atoms. The van der Waals surface area contributed by atoms with Crippen molar-refractivity contribution in [2.45, 2.75) is 12.5 Å². The summed E-state index contributed by atoms with van der Waals surface area (Å²) >= 11 is 0. The normalized spacial score (nSPS) is 23.4. The number of fused-ring (bicyclic) bond motifs is 3. The van der Waals surface area contributed by atoms with Crippen LogP contribution in [-0.2, 0) is 4.79 Å². The van der Waals surface area contributed by atoms with Crippen molar-refractivity contribution in [3.8, 4) is 5.75 Å². The van der Waals surface area contributed by atoms with Gasteiger partial charge in [0.15, 0.2) is 0 Å². The fourth-order valence-electron chi connectivity index (χ4n) is 2.54. The molecule has 1 fully saturated rings. The summed E-state index contributed by atoms with van der Waals surface area (Å²) in [6.07, 6.45) is 0.489. The largest absolute Gasteiger partial charge is 0.508 e. The van der Waals surface area contributed by atoms with Gasteiger partial charge in [-0.1, -0.05) is 0 Å². The molecule has 0 saturated carbocycles. The van der Waals surface area contributed by atoms with Gasteiger partial charge in [-0.25, -0.2) is 0 Å². The monoisotopic (exact) mass is 233 g/mol. The number of nitrogens with zero attached hydrogens (tertiary/aromatic N) is 1. The van der Waals surface area contributed by atoms with Crippen LogP contribution in [0.4, 0.5) is 11.4 Å². The fourth-order valence-corrected chi connectivity index (χ4v) is 2.54. The van der Waals surface area contributed by atoms with Crippen LogP contribution in [0, 0.1) is 0 Å². The SMILES string of the molecule is O=C1CC2CNCCN2c2cc(O)ccc2N1. The zero-order valence-electron chi connectivity index (χ0n) is 9.44. The van der Waals surface area contributed by atoms with Crippen LogP contribution in [0.2, 0.25) is 0 Å². The molecular weight excluding hydrogens is 218 g/mol. The third-order valence-corrected chi connectivity index (χ3v) is 3.34. The maximum Gasteiger partial charge on any atom is 0.226 e. The first kappa shape index (κ1) is 10.4. The van der Waals surface area contributed by atoms with Crippen molar-refractivity contribution in [3.63, 3.8) is 0 Å². The van der Waals surface area contributed by atoms with E-state index in [1.807, 2.05) is 0 Å². The molecule has 1 unspecified atom stereocenters. The highest BCUT2D eigenvalue weighted by atomic mass is 16.3. The van der Waals surface area contributed by atoms with Crippen LogP contribution >= 0.6 is 0 Å². The lowest BCUT2D eigenvalue weighted by Crippen LogP contribution is -2.51. The van der Waals surface area contributed by atoms with Crippen molar-refractivity contribution in [1.29, 1.82) is 0 Å². The molecule has 0 aliphatic carbocycles. The van der Waals surface area contributed by atoms with Gasteiger partial charge in [-0.05, 0) is 12.1 Å². The van der Waals surface area contributed by atoms with E-state index in [2.05, 4.69) is 15.5 Å². The standard InChI is InChI=1S/C12H15N3O2/c16-9-1-2-10-11(6-9)15-4-3-13-7-8(15)5-12(17)14-10/h1-2,6,8,13,16H,3-5,7H2,(H,14,17). The molecule has 90 valence electrons. The van der Waals surface area contributed by atoms with E-state index in [0.29, 0.717) is 6.42 Å². The van der Waals surface area contributed by atoms with Gasteiger partial charge in [0.1, 0.15) is 5.75 Å². The number of nitrogens with one attached hydrogen (secondary N) is 2. The molecule has 1 aromatic carbocycles. The lowest BCUT2D eigenvalue weighted by Gasteiger charge is -2.36. The Kier molecular flexibility index (Phi) is 2.40. The van der Waals surface area contributed by atoms with Gasteiger partial charge < -0.3 is 20.6 Å². The first-order chi connectivity index (χ1) is 8.24. The van der Waals surface area contributed by atoms with E-state index in [1.165, 1.54) is 0 Å². The predicted molar refractivity (Wildman–Crippen MR) is 65.4 cm³/mol. The minimum atomic E-state index is 0.0353. The van der Waals surface area contributed by atoms with Crippen LogP contribution in [0.15, 0.2) is 18.2 Å². The molecule has 3 rings (SSSR count). The van der Waals surface area contributed by atoms with Gasteiger partial charge >= 0.3 is 0 Å². The molecule has 2 aliphatic rings. The number of amides is 1. The van der Waals surface area contributed by atoms with E-state index in [0.717, 1.165) is 31.0 Å². The molecule has 1 saturated heterocycles. The molecule has 2 heterocycles. The van der Waals surface area contributed by atoms with Crippen LogP contribution in [0.5, 0.6) is 5.75 Å². The van der Waals surface area contributed by atoms with E-state index in [9.17, 15) is 9.90 Å². The molecule has 0 radical (unpaired) electrons. The van der Waals surface area contributed by atoms with Gasteiger partial charge in [-0.3, -0.25) is 4.79 Å². The van der Waals surface area contributed by atoms with Gasteiger partial charge in [0.25, 0.3) is 0 Å². The van der Waals surface area contributed by atoms with Gasteiger partial charge in [0.2, 0.25) is 5.91 Å². The quantitative estimate of drug-likeness (QED) is 0.571. The van der Waals surface area contributed by atoms with Gasteiger partial charge in [0, 0.05) is 32.1 Å². The van der Waals surface area contributed by atoms with E-state index < -0.39 is 0 Å². The van der Waals surface area contributed by atoms with Crippen molar-refractivity contribution in [3.05, 3.63) is 18.2 Å². The summed E-state index contributed by atoms with van der Waals surface area (Å²) in [4.78, 5) is 14.0. The Labute approximate surface area is 99.4 Å². The van der Waals surface area contributed by atoms with Crippen molar-refractivity contribution in [1.82, 2.24) is 5.32 Å². The van der Waals surface area contributed by atoms with Crippen molar-refractivity contribution < 1.29 is 9.90 Å². The molecule has 1 aromatic rings. The second-order valence-electron chi connectivity index (χ2n) is 4.51. The Balaban J connectivity index is 2.07. The lowest BCUT2D eigenvalue weighted by atomic mass is 10.1. The summed E-state index contributed by atoms with van der Waals surface area (Å²) in [7, 11) is 0. The summed E-state index contributed by atoms with van der Waals surface area (Å²) in [5.74, 6) is 0.269. The van der Waals surface area contributed by atoms with Gasteiger partial charge in [0.05, 0.1) is 17.4 Å². The number of aromatic hydroxyl groups is 1. The fraction of sp³-hybridized carbons (Fsp3) is 0.417. The Hall–Kier alpha value is -1.75. The Morgan fingerprint density at radius 2 is 2.29 bits per heavy atom. The number of anilines is 2. The molecule has 5 heteroatoms. The molecular formula is C12H15N3O2. The van der Waals surface area contributed by atoms with E-state index in [1.54, 1.807) is 18.2 Å². The van der Waals surface area contributed by atoms with E-state index >= 15 is 0 Å². The summed E-state index contributed by atoms with van der Waals surface area (Å²) < 4.78 is 0. The summed E-state index contributed by atoms with van der Waals surface area (Å²) in [5, 5.41) is 15.8. The maximum atomic E-state index is 11.8. The average molecular weight is 233 g/mol. The smallest absolute Gasteiger partial charge is 0.226 e. The van der Waals surface area contributed by atoms with E-state index in [4.69, 9.17) is 0 Å². The first-order valence-corrected chi connectivity index (χ1v) is 5.84. The third-order valence-electron chi connectivity index (χ3n) is 3.34. The Morgan fingerprint density at radius 3 is 3.18 bits per heavy atom. The minimum Gasteiger partial charge on any atom is -0.508 e. The predicted octanol–water partition coefficient (Wildman–Crippen LogP) is 0.513. The van der Waals surface area contributed by atoms with Crippen LogP contribution in [-0.4, -0.2) is 36.7 Å². The second kappa shape index (κ2) is 3.92. The Bertz CT molecular complexity index is 461. The minimum absolute atomic E-state index is 0.0353. The topological polar surface area (TPSA) is 64.6 Å². The second-order valence-corrected chi connectivity index (χ2v) is 4.51. The molecule has 1 amide bonds. The van der Waals surface area contributed by atoms with Crippen LogP contribution in [0.1, 0.15) is 6.42 Å². The van der Waals surface area contributed by atoms with Crippen LogP contribution < -0.4 is 15.5 Å². The highest BCUT2D eigenvalue weighted by Crippen LogP contribution is 2.34. The number of carbonyl (C=O) groups is 1. The average Bonchev–Trinajstić information content (AvgIpc) is 2.45. The number of piperazine rings is 1. The summed E-state index contributed by atoms with van der Waals surface area (Å²) in [6.45, 7) is 2.57. The van der Waals surface area contributed by atoms with Crippen molar-refractivity contribution in [2.24, 2.45) is 0 Å². The summed E-state index contributed by atoms with van der Waals surface area (Å²) in [5.41, 5.74) is 1.71. The number of carbonyl (C=O) groups excluding carboxylic acids is 1. The molecule has 0 spiro atoms. The number of phenols is 1. The van der Waals surface area contributed by atoms with Crippen LogP contribution in [0.25, 0.3) is 0 Å². The van der Waals surface area contributed by atoms with Gasteiger partial charge in [-0.15, -0.1) is 0 Å². The summed E-state index contributed by atoms with van der Waals surface area (Å²) in [6, 6.07) is 5.25. The third kappa shape index (κ3) is 1.82. The molecule has 1 atom stereocenters. The van der Waals surface area contributed by atoms with Crippen LogP contribution in [0.3, 0.4) is 0 Å². The first-order valence-electron chi connectivity index (χ1n) is 5.84. The molecule has 0 bridgehead atoms. The number of hydrogen-bond donors (Lipinski definition) is 3.